The highest BCUT2D eigenvalue weighted by molar-refractivity contribution is 6.22. The topological polar surface area (TPSA) is 42.7 Å². The maximum Gasteiger partial charge on any atom is 0.145 e. The predicted octanol–water partition coefficient (Wildman–Crippen LogP) is 15.9. The van der Waals surface area contributed by atoms with E-state index in [1.54, 1.807) is 0 Å². The highest BCUT2D eigenvalue weighted by Crippen LogP contribution is 2.52. The van der Waals surface area contributed by atoms with E-state index in [-0.39, 0.29) is 0 Å². The van der Waals surface area contributed by atoms with Crippen LogP contribution in [0, 0.1) is 0 Å². The van der Waals surface area contributed by atoms with Crippen molar-refractivity contribution >= 4 is 82.9 Å². The van der Waals surface area contributed by atoms with Crippen molar-refractivity contribution in [2.75, 3.05) is 4.90 Å². The summed E-state index contributed by atoms with van der Waals surface area (Å²) >= 11 is 0. The molecule has 12 aromatic rings. The first-order valence-corrected chi connectivity index (χ1v) is 19.6. The highest BCUT2D eigenvalue weighted by Gasteiger charge is 2.28. The first-order chi connectivity index (χ1) is 28.8. The molecule has 0 fully saturated rings. The molecule has 0 unspecified atom stereocenters. The van der Waals surface area contributed by atoms with E-state index in [1.165, 1.54) is 0 Å². The van der Waals surface area contributed by atoms with E-state index in [2.05, 4.69) is 175 Å². The van der Waals surface area contributed by atoms with Gasteiger partial charge in [0.2, 0.25) is 0 Å². The minimum absolute atomic E-state index is 0.812. The molecule has 0 amide bonds. The number of anilines is 3. The zero-order valence-corrected chi connectivity index (χ0v) is 31.2. The third-order valence-electron chi connectivity index (χ3n) is 11.5. The van der Waals surface area contributed by atoms with Gasteiger partial charge in [0.1, 0.15) is 33.5 Å². The molecular weight excluding hydrogens is 711 g/mol. The normalized spacial score (nSPS) is 11.8. The Labute approximate surface area is 333 Å². The summed E-state index contributed by atoms with van der Waals surface area (Å²) in [5.74, 6) is 0. The summed E-state index contributed by atoms with van der Waals surface area (Å²) in [5, 5.41) is 6.28. The van der Waals surface area contributed by atoms with Crippen LogP contribution in [0.4, 0.5) is 17.1 Å². The smallest absolute Gasteiger partial charge is 0.145 e. The maximum atomic E-state index is 7.07. The first kappa shape index (κ1) is 32.4. The molecule has 0 saturated heterocycles. The van der Waals surface area contributed by atoms with Crippen molar-refractivity contribution in [3.8, 4) is 33.4 Å². The van der Waals surface area contributed by atoms with Gasteiger partial charge in [-0.25, -0.2) is 0 Å². The highest BCUT2D eigenvalue weighted by atomic mass is 16.3. The number of benzene rings is 9. The molecule has 12 rings (SSSR count). The third-order valence-corrected chi connectivity index (χ3v) is 11.5. The first-order valence-electron chi connectivity index (χ1n) is 19.6. The monoisotopic (exact) mass is 743 g/mol. The van der Waals surface area contributed by atoms with Crippen LogP contribution >= 0.6 is 0 Å². The van der Waals surface area contributed by atoms with Crippen molar-refractivity contribution in [3.05, 3.63) is 200 Å². The van der Waals surface area contributed by atoms with Gasteiger partial charge >= 0.3 is 0 Å². The summed E-state index contributed by atoms with van der Waals surface area (Å²) in [5.41, 5.74) is 14.4. The number of nitrogens with zero attached hydrogens (tertiary/aromatic N) is 1. The van der Waals surface area contributed by atoms with Gasteiger partial charge in [0.15, 0.2) is 0 Å². The van der Waals surface area contributed by atoms with E-state index < -0.39 is 0 Å². The average molecular weight is 744 g/mol. The third kappa shape index (κ3) is 5.02. The van der Waals surface area contributed by atoms with E-state index in [0.29, 0.717) is 0 Å². The van der Waals surface area contributed by atoms with Crippen LogP contribution in [0.2, 0.25) is 0 Å². The van der Waals surface area contributed by atoms with Gasteiger partial charge in [-0.15, -0.1) is 0 Å². The molecule has 272 valence electrons. The second-order valence-corrected chi connectivity index (χ2v) is 14.8. The van der Waals surface area contributed by atoms with Gasteiger partial charge in [0.05, 0.1) is 22.1 Å². The standard InChI is InChI=1S/C54H33NO3/c1-4-14-34(15-5-1)37-24-26-44-49(32-37)58-54-40(36-18-8-3-9-19-36)28-30-45(51(44)54)55(38-25-27-42-41-20-10-12-22-46(41)57-50(42)33-38)53-39(35-16-6-2-7-17-35)29-31-48-52(53)43-21-11-13-23-47(43)56-48/h1-33H. The lowest BCUT2D eigenvalue weighted by Gasteiger charge is -2.29. The second kappa shape index (κ2) is 12.9. The Hall–Kier alpha value is -7.82. The number of furan rings is 3. The average Bonchev–Trinajstić information content (AvgIpc) is 3.99. The summed E-state index contributed by atoms with van der Waals surface area (Å²) < 4.78 is 20.3. The quantitative estimate of drug-likeness (QED) is 0.170. The van der Waals surface area contributed by atoms with E-state index >= 15 is 0 Å². The fraction of sp³-hybridized carbons (Fsp3) is 0. The minimum atomic E-state index is 0.812. The molecule has 0 radical (unpaired) electrons. The molecule has 0 spiro atoms. The van der Waals surface area contributed by atoms with E-state index in [0.717, 1.165) is 116 Å². The number of hydrogen-bond acceptors (Lipinski definition) is 4. The zero-order chi connectivity index (χ0) is 38.2. The van der Waals surface area contributed by atoms with Gasteiger partial charge in [-0.1, -0.05) is 133 Å². The number of para-hydroxylation sites is 2. The molecule has 3 heterocycles. The number of fused-ring (bicyclic) bond motifs is 9. The van der Waals surface area contributed by atoms with Gasteiger partial charge in [-0.05, 0) is 82.9 Å². The summed E-state index contributed by atoms with van der Waals surface area (Å²) in [6.45, 7) is 0. The van der Waals surface area contributed by atoms with Crippen LogP contribution in [0.3, 0.4) is 0 Å². The van der Waals surface area contributed by atoms with Crippen LogP contribution < -0.4 is 4.90 Å². The molecule has 4 heteroatoms. The van der Waals surface area contributed by atoms with Crippen molar-refractivity contribution in [2.45, 2.75) is 0 Å². The minimum Gasteiger partial charge on any atom is -0.456 e. The van der Waals surface area contributed by atoms with Gasteiger partial charge in [0, 0.05) is 44.4 Å². The van der Waals surface area contributed by atoms with Crippen molar-refractivity contribution in [1.82, 2.24) is 0 Å². The van der Waals surface area contributed by atoms with Crippen LogP contribution in [-0.4, -0.2) is 0 Å². The molecule has 3 aromatic heterocycles. The lowest BCUT2D eigenvalue weighted by atomic mass is 9.95. The molecule has 0 saturated carbocycles. The van der Waals surface area contributed by atoms with Crippen LogP contribution in [0.1, 0.15) is 0 Å². The maximum absolute atomic E-state index is 7.07. The molecule has 4 nitrogen and oxygen atoms in total. The number of hydrogen-bond donors (Lipinski definition) is 0. The Morgan fingerprint density at radius 3 is 1.62 bits per heavy atom. The summed E-state index contributed by atoms with van der Waals surface area (Å²) in [6, 6.07) is 70.1. The van der Waals surface area contributed by atoms with Crippen LogP contribution in [0.5, 0.6) is 0 Å². The zero-order valence-electron chi connectivity index (χ0n) is 31.2. The van der Waals surface area contributed by atoms with Gasteiger partial charge in [-0.2, -0.15) is 0 Å². The molecular formula is C54H33NO3. The Kier molecular flexibility index (Phi) is 7.20. The largest absolute Gasteiger partial charge is 0.456 e. The molecule has 0 atom stereocenters. The van der Waals surface area contributed by atoms with Gasteiger partial charge in [-0.3, -0.25) is 0 Å². The Balaban J connectivity index is 1.23. The summed E-state index contributed by atoms with van der Waals surface area (Å²) in [7, 11) is 0. The predicted molar refractivity (Wildman–Crippen MR) is 239 cm³/mol. The van der Waals surface area contributed by atoms with Crippen molar-refractivity contribution in [2.24, 2.45) is 0 Å². The van der Waals surface area contributed by atoms with E-state index in [9.17, 15) is 0 Å². The lowest BCUT2D eigenvalue weighted by molar-refractivity contribution is 0.669. The number of rotatable bonds is 6. The van der Waals surface area contributed by atoms with Gasteiger partial charge < -0.3 is 18.2 Å². The summed E-state index contributed by atoms with van der Waals surface area (Å²) in [6.07, 6.45) is 0. The Bertz CT molecular complexity index is 3500. The van der Waals surface area contributed by atoms with Crippen LogP contribution in [0.25, 0.3) is 99.2 Å². The van der Waals surface area contributed by atoms with Gasteiger partial charge in [0.25, 0.3) is 0 Å². The Morgan fingerprint density at radius 2 is 0.862 bits per heavy atom. The lowest BCUT2D eigenvalue weighted by Crippen LogP contribution is -2.12. The van der Waals surface area contributed by atoms with E-state index in [1.807, 2.05) is 30.3 Å². The molecule has 0 aliphatic rings. The van der Waals surface area contributed by atoms with Crippen molar-refractivity contribution in [1.29, 1.82) is 0 Å². The summed E-state index contributed by atoms with van der Waals surface area (Å²) in [4.78, 5) is 2.40. The van der Waals surface area contributed by atoms with Crippen molar-refractivity contribution < 1.29 is 13.3 Å². The SMILES string of the molecule is c1ccc(-c2ccc3c(c2)oc2c(-c4ccccc4)ccc(N(c4ccc5c(c4)oc4ccccc45)c4c(-c5ccccc5)ccc5oc6ccccc6c45)c23)cc1. The van der Waals surface area contributed by atoms with Crippen molar-refractivity contribution in [3.63, 3.8) is 0 Å². The molecule has 58 heavy (non-hydrogen) atoms. The fourth-order valence-electron chi connectivity index (χ4n) is 8.83. The Morgan fingerprint density at radius 1 is 0.310 bits per heavy atom. The second-order valence-electron chi connectivity index (χ2n) is 14.8. The molecule has 9 aromatic carbocycles. The molecule has 0 N–H and O–H groups in total. The van der Waals surface area contributed by atoms with E-state index in [4.69, 9.17) is 13.3 Å². The molecule has 0 aliphatic heterocycles. The van der Waals surface area contributed by atoms with Crippen LogP contribution in [0.15, 0.2) is 213 Å². The molecule has 0 bridgehead atoms. The van der Waals surface area contributed by atoms with Crippen LogP contribution in [-0.2, 0) is 0 Å². The molecule has 0 aliphatic carbocycles. The fourth-order valence-corrected chi connectivity index (χ4v) is 8.83.